The van der Waals surface area contributed by atoms with E-state index in [-0.39, 0.29) is 18.5 Å². The van der Waals surface area contributed by atoms with Crippen LogP contribution >= 0.6 is 15.9 Å². The molecule has 0 saturated carbocycles. The molecule has 0 aliphatic rings. The molecule has 1 rings (SSSR count). The lowest BCUT2D eigenvalue weighted by molar-refractivity contribution is -0.145. The van der Waals surface area contributed by atoms with E-state index in [4.69, 9.17) is 14.2 Å². The fourth-order valence-electron chi connectivity index (χ4n) is 2.40. The van der Waals surface area contributed by atoms with Crippen LogP contribution in [-0.4, -0.2) is 31.8 Å². The van der Waals surface area contributed by atoms with Gasteiger partial charge in [-0.05, 0) is 44.0 Å². The average Bonchev–Trinajstić information content (AvgIpc) is 2.62. The van der Waals surface area contributed by atoms with Crippen LogP contribution in [-0.2, 0) is 19.1 Å². The number of rotatable bonds is 14. The van der Waals surface area contributed by atoms with Gasteiger partial charge < -0.3 is 14.2 Å². The van der Waals surface area contributed by atoms with Crippen molar-refractivity contribution >= 4 is 27.9 Å². The molecule has 5 nitrogen and oxygen atoms in total. The van der Waals surface area contributed by atoms with Crippen molar-refractivity contribution in [3.8, 4) is 5.75 Å². The average molecular weight is 429 g/mol. The third-order valence-corrected chi connectivity index (χ3v) is 4.27. The Hall–Kier alpha value is -1.56. The lowest BCUT2D eigenvalue weighted by Gasteiger charge is -2.07. The topological polar surface area (TPSA) is 61.8 Å². The van der Waals surface area contributed by atoms with E-state index in [1.165, 1.54) is 0 Å². The number of hydrogen-bond acceptors (Lipinski definition) is 5. The lowest BCUT2D eigenvalue weighted by atomic mass is 10.1. The second-order valence-electron chi connectivity index (χ2n) is 5.95. The molecule has 0 saturated heterocycles. The number of ether oxygens (including phenoxy) is 3. The summed E-state index contributed by atoms with van der Waals surface area (Å²) in [7, 11) is 0. The van der Waals surface area contributed by atoms with Gasteiger partial charge >= 0.3 is 11.9 Å². The van der Waals surface area contributed by atoms with E-state index in [9.17, 15) is 9.59 Å². The van der Waals surface area contributed by atoms with Gasteiger partial charge in [0.25, 0.3) is 0 Å². The number of unbranched alkanes of at least 4 members (excludes halogenated alkanes) is 5. The molecule has 1 aromatic carbocycles. The second kappa shape index (κ2) is 14.6. The summed E-state index contributed by atoms with van der Waals surface area (Å²) < 4.78 is 16.5. The highest BCUT2D eigenvalue weighted by atomic mass is 79.9. The fourth-order valence-corrected chi connectivity index (χ4v) is 2.66. The zero-order valence-electron chi connectivity index (χ0n) is 15.5. The molecule has 0 spiro atoms. The zero-order valence-corrected chi connectivity index (χ0v) is 17.1. The molecule has 0 fully saturated rings. The maximum absolute atomic E-state index is 11.6. The molecule has 146 valence electrons. The molecule has 0 heterocycles. The number of halogens is 1. The Labute approximate surface area is 164 Å². The highest BCUT2D eigenvalue weighted by Gasteiger charge is 2.04. The van der Waals surface area contributed by atoms with Crippen molar-refractivity contribution in [2.45, 2.75) is 58.3 Å². The fraction of sp³-hybridized carbons (Fsp3) is 0.600. The Morgan fingerprint density at radius 1 is 0.808 bits per heavy atom. The number of carbonyl (C=O) groups is 2. The Kier molecular flexibility index (Phi) is 12.6. The molecular formula is C20H29BrO5. The van der Waals surface area contributed by atoms with E-state index >= 15 is 0 Å². The molecule has 26 heavy (non-hydrogen) atoms. The molecule has 0 unspecified atom stereocenters. The molecule has 0 atom stereocenters. The molecule has 0 radical (unpaired) electrons. The summed E-state index contributed by atoms with van der Waals surface area (Å²) in [5.74, 6) is 0.471. The van der Waals surface area contributed by atoms with Gasteiger partial charge in [0.05, 0.1) is 6.61 Å². The predicted molar refractivity (Wildman–Crippen MR) is 104 cm³/mol. The molecule has 0 N–H and O–H groups in total. The Bertz CT molecular complexity index is 515. The lowest BCUT2D eigenvalue weighted by Crippen LogP contribution is -2.11. The van der Waals surface area contributed by atoms with Gasteiger partial charge in [0.1, 0.15) is 19.0 Å². The van der Waals surface area contributed by atoms with Crippen molar-refractivity contribution < 1.29 is 23.8 Å². The number of carbonyl (C=O) groups excluding carboxylic acids is 2. The van der Waals surface area contributed by atoms with E-state index in [1.54, 1.807) is 0 Å². The Balaban J connectivity index is 1.89. The van der Waals surface area contributed by atoms with Crippen molar-refractivity contribution in [2.75, 3.05) is 19.8 Å². The van der Waals surface area contributed by atoms with Gasteiger partial charge in [-0.1, -0.05) is 41.6 Å². The van der Waals surface area contributed by atoms with Crippen molar-refractivity contribution in [1.82, 2.24) is 0 Å². The van der Waals surface area contributed by atoms with E-state index in [0.717, 1.165) is 48.7 Å². The first-order valence-electron chi connectivity index (χ1n) is 9.31. The smallest absolute Gasteiger partial charge is 0.305 e. The van der Waals surface area contributed by atoms with Crippen LogP contribution in [0.1, 0.15) is 58.3 Å². The van der Waals surface area contributed by atoms with Crippen LogP contribution in [0.5, 0.6) is 5.75 Å². The van der Waals surface area contributed by atoms with E-state index < -0.39 is 0 Å². The maximum atomic E-state index is 11.6. The van der Waals surface area contributed by atoms with Crippen LogP contribution in [0, 0.1) is 0 Å². The van der Waals surface area contributed by atoms with Crippen LogP contribution in [0.25, 0.3) is 0 Å². The summed E-state index contributed by atoms with van der Waals surface area (Å²) in [6.45, 7) is 2.89. The monoisotopic (exact) mass is 428 g/mol. The van der Waals surface area contributed by atoms with Gasteiger partial charge in [0, 0.05) is 17.3 Å². The summed E-state index contributed by atoms with van der Waals surface area (Å²) in [5.41, 5.74) is 0. The highest BCUT2D eigenvalue weighted by Crippen LogP contribution is 2.16. The minimum atomic E-state index is -0.174. The van der Waals surface area contributed by atoms with Crippen LogP contribution in [0.2, 0.25) is 0 Å². The minimum absolute atomic E-state index is 0.112. The Morgan fingerprint density at radius 2 is 1.35 bits per heavy atom. The van der Waals surface area contributed by atoms with Gasteiger partial charge in [0.15, 0.2) is 0 Å². The molecule has 6 heteroatoms. The summed E-state index contributed by atoms with van der Waals surface area (Å²) >= 11 is 3.36. The van der Waals surface area contributed by atoms with Crippen molar-refractivity contribution in [3.05, 3.63) is 28.7 Å². The molecule has 0 aromatic heterocycles. The maximum Gasteiger partial charge on any atom is 0.305 e. The van der Waals surface area contributed by atoms with Crippen molar-refractivity contribution in [2.24, 2.45) is 0 Å². The molecule has 0 amide bonds. The largest absolute Gasteiger partial charge is 0.490 e. The van der Waals surface area contributed by atoms with Gasteiger partial charge in [-0.15, -0.1) is 0 Å². The standard InChI is InChI=1S/C20H29BrO5/c1-2-24-19(22)9-7-5-3-4-6-8-10-20(23)26-16-15-25-18-13-11-17(21)12-14-18/h11-14H,2-10,15-16H2,1H3. The summed E-state index contributed by atoms with van der Waals surface area (Å²) in [6.07, 6.45) is 6.84. The molecule has 1 aromatic rings. The van der Waals surface area contributed by atoms with E-state index in [1.807, 2.05) is 31.2 Å². The quantitative estimate of drug-likeness (QED) is 0.306. The van der Waals surface area contributed by atoms with Crippen molar-refractivity contribution in [3.63, 3.8) is 0 Å². The van der Waals surface area contributed by atoms with Crippen molar-refractivity contribution in [1.29, 1.82) is 0 Å². The van der Waals surface area contributed by atoms with E-state index in [2.05, 4.69) is 15.9 Å². The number of esters is 2. The molecular weight excluding hydrogens is 400 g/mol. The van der Waals surface area contributed by atoms with Gasteiger partial charge in [0.2, 0.25) is 0 Å². The number of hydrogen-bond donors (Lipinski definition) is 0. The first-order valence-corrected chi connectivity index (χ1v) is 10.1. The van der Waals surface area contributed by atoms with Gasteiger partial charge in [-0.3, -0.25) is 9.59 Å². The van der Waals surface area contributed by atoms with E-state index in [0.29, 0.717) is 26.1 Å². The summed E-state index contributed by atoms with van der Waals surface area (Å²) in [4.78, 5) is 22.8. The van der Waals surface area contributed by atoms with Crippen LogP contribution in [0.4, 0.5) is 0 Å². The zero-order chi connectivity index (χ0) is 19.0. The van der Waals surface area contributed by atoms with Crippen LogP contribution in [0.3, 0.4) is 0 Å². The summed E-state index contributed by atoms with van der Waals surface area (Å²) in [6, 6.07) is 7.52. The third kappa shape index (κ3) is 11.9. The SMILES string of the molecule is CCOC(=O)CCCCCCCCC(=O)OCCOc1ccc(Br)cc1. The predicted octanol–water partition coefficient (Wildman–Crippen LogP) is 5.06. The number of benzene rings is 1. The Morgan fingerprint density at radius 3 is 1.92 bits per heavy atom. The van der Waals surface area contributed by atoms with Gasteiger partial charge in [-0.25, -0.2) is 0 Å². The molecule has 0 aliphatic heterocycles. The normalized spacial score (nSPS) is 10.4. The van der Waals surface area contributed by atoms with Crippen LogP contribution in [0.15, 0.2) is 28.7 Å². The van der Waals surface area contributed by atoms with Crippen LogP contribution < -0.4 is 4.74 Å². The first-order chi connectivity index (χ1) is 12.6. The molecule has 0 aliphatic carbocycles. The highest BCUT2D eigenvalue weighted by molar-refractivity contribution is 9.10. The summed E-state index contributed by atoms with van der Waals surface area (Å²) in [5, 5.41) is 0. The first kappa shape index (κ1) is 22.5. The van der Waals surface area contributed by atoms with Gasteiger partial charge in [-0.2, -0.15) is 0 Å². The molecule has 0 bridgehead atoms. The second-order valence-corrected chi connectivity index (χ2v) is 6.86. The third-order valence-electron chi connectivity index (χ3n) is 3.75. The minimum Gasteiger partial charge on any atom is -0.490 e.